The average Bonchev–Trinajstić information content (AvgIpc) is 2.68. The van der Waals surface area contributed by atoms with Crippen LogP contribution in [-0.4, -0.2) is 25.0 Å². The number of aryl methyl sites for hydroxylation is 1. The summed E-state index contributed by atoms with van der Waals surface area (Å²) in [6, 6.07) is 1.57. The Morgan fingerprint density at radius 3 is 2.52 bits per heavy atom. The first-order chi connectivity index (χ1) is 9.74. The van der Waals surface area contributed by atoms with E-state index in [0.717, 1.165) is 23.0 Å². The van der Waals surface area contributed by atoms with E-state index in [1.165, 1.54) is 11.3 Å². The normalized spacial score (nSPS) is 18.6. The van der Waals surface area contributed by atoms with Crippen molar-refractivity contribution in [1.29, 1.82) is 0 Å². The molecule has 1 aromatic heterocycles. The fraction of sp³-hybridized carbons (Fsp3) is 0.615. The van der Waals surface area contributed by atoms with Crippen LogP contribution in [-0.2, 0) is 14.8 Å². The minimum atomic E-state index is -3.71. The van der Waals surface area contributed by atoms with Gasteiger partial charge in [-0.2, -0.15) is 0 Å². The maximum atomic E-state index is 12.6. The monoisotopic (exact) mass is 395 g/mol. The summed E-state index contributed by atoms with van der Waals surface area (Å²) in [5.41, 5.74) is -0.857. The molecular weight excluding hydrogens is 378 g/mol. The van der Waals surface area contributed by atoms with Gasteiger partial charge in [-0.05, 0) is 41.8 Å². The highest BCUT2D eigenvalue weighted by molar-refractivity contribution is 9.11. The molecule has 1 heterocycles. The average molecular weight is 396 g/mol. The van der Waals surface area contributed by atoms with Crippen LogP contribution in [0.1, 0.15) is 43.4 Å². The first kappa shape index (κ1) is 16.9. The number of aliphatic carboxylic acids is 1. The van der Waals surface area contributed by atoms with E-state index in [9.17, 15) is 13.2 Å². The van der Waals surface area contributed by atoms with Crippen molar-refractivity contribution in [1.82, 2.24) is 4.72 Å². The number of nitrogens with one attached hydrogen (secondary N) is 1. The lowest BCUT2D eigenvalue weighted by Crippen LogP contribution is -2.50. The molecule has 8 heteroatoms. The Morgan fingerprint density at radius 2 is 2.05 bits per heavy atom. The zero-order chi connectivity index (χ0) is 15.7. The molecule has 2 rings (SSSR count). The van der Waals surface area contributed by atoms with Crippen LogP contribution in [0.15, 0.2) is 14.7 Å². The van der Waals surface area contributed by atoms with E-state index in [1.807, 2.05) is 0 Å². The van der Waals surface area contributed by atoms with Gasteiger partial charge in [-0.1, -0.05) is 19.3 Å². The summed E-state index contributed by atoms with van der Waals surface area (Å²) in [5.74, 6) is -0.970. The second-order valence-corrected chi connectivity index (χ2v) is 9.77. The van der Waals surface area contributed by atoms with Crippen LogP contribution < -0.4 is 4.72 Å². The number of thiophene rings is 1. The third-order valence-electron chi connectivity index (χ3n) is 3.78. The van der Waals surface area contributed by atoms with Crippen molar-refractivity contribution >= 4 is 43.3 Å². The largest absolute Gasteiger partial charge is 0.481 e. The second kappa shape index (κ2) is 6.36. The van der Waals surface area contributed by atoms with E-state index in [-0.39, 0.29) is 11.3 Å². The van der Waals surface area contributed by atoms with E-state index < -0.39 is 21.5 Å². The summed E-state index contributed by atoms with van der Waals surface area (Å²) in [4.78, 5) is 12.0. The van der Waals surface area contributed by atoms with Crippen molar-refractivity contribution in [3.05, 3.63) is 14.7 Å². The Kier molecular flexibility index (Phi) is 5.12. The van der Waals surface area contributed by atoms with Gasteiger partial charge in [-0.15, -0.1) is 11.3 Å². The van der Waals surface area contributed by atoms with Crippen LogP contribution in [0.3, 0.4) is 0 Å². The highest BCUT2D eigenvalue weighted by atomic mass is 79.9. The van der Waals surface area contributed by atoms with Gasteiger partial charge < -0.3 is 5.11 Å². The zero-order valence-corrected chi connectivity index (χ0v) is 14.9. The van der Waals surface area contributed by atoms with E-state index in [1.54, 1.807) is 13.0 Å². The summed E-state index contributed by atoms with van der Waals surface area (Å²) in [6.45, 7) is 1.74. The van der Waals surface area contributed by atoms with Gasteiger partial charge in [0, 0.05) is 10.4 Å². The van der Waals surface area contributed by atoms with Gasteiger partial charge in [0.15, 0.2) is 0 Å². The lowest BCUT2D eigenvalue weighted by molar-refractivity contribution is -0.138. The van der Waals surface area contributed by atoms with Gasteiger partial charge in [-0.3, -0.25) is 4.79 Å². The summed E-state index contributed by atoms with van der Waals surface area (Å²) in [6.07, 6.45) is 3.69. The van der Waals surface area contributed by atoms with E-state index in [0.29, 0.717) is 17.7 Å². The molecule has 21 heavy (non-hydrogen) atoms. The zero-order valence-electron chi connectivity index (χ0n) is 11.7. The third-order valence-corrected chi connectivity index (χ3v) is 7.17. The summed E-state index contributed by atoms with van der Waals surface area (Å²) >= 11 is 4.64. The number of sulfonamides is 1. The second-order valence-electron chi connectivity index (χ2n) is 5.49. The van der Waals surface area contributed by atoms with Crippen molar-refractivity contribution in [3.63, 3.8) is 0 Å². The molecule has 5 nitrogen and oxygen atoms in total. The molecular formula is C13H18BrNO4S2. The quantitative estimate of drug-likeness (QED) is 0.800. The number of carboxylic acid groups (broad SMARTS) is 1. The van der Waals surface area contributed by atoms with Gasteiger partial charge in [0.1, 0.15) is 0 Å². The van der Waals surface area contributed by atoms with E-state index in [4.69, 9.17) is 5.11 Å². The number of hydrogen-bond acceptors (Lipinski definition) is 4. The maximum Gasteiger partial charge on any atom is 0.305 e. The van der Waals surface area contributed by atoms with Crippen molar-refractivity contribution < 1.29 is 18.3 Å². The Morgan fingerprint density at radius 1 is 1.43 bits per heavy atom. The smallest absolute Gasteiger partial charge is 0.305 e. The number of hydrogen-bond donors (Lipinski definition) is 2. The number of carboxylic acids is 1. The number of rotatable bonds is 5. The Hall–Kier alpha value is -0.440. The molecule has 1 saturated carbocycles. The van der Waals surface area contributed by atoms with Crippen LogP contribution in [0.2, 0.25) is 0 Å². The van der Waals surface area contributed by atoms with Crippen molar-refractivity contribution in [2.75, 3.05) is 0 Å². The standard InChI is InChI=1S/C13H18BrNO4S2/c1-9-10(7-11(14)20-9)21(18,19)15-13(8-12(16)17)5-3-2-4-6-13/h7,15H,2-6,8H2,1H3,(H,16,17). The SMILES string of the molecule is Cc1sc(Br)cc1S(=O)(=O)NC1(CC(=O)O)CCCCC1. The van der Waals surface area contributed by atoms with E-state index in [2.05, 4.69) is 20.7 Å². The molecule has 0 radical (unpaired) electrons. The van der Waals surface area contributed by atoms with Gasteiger partial charge in [0.25, 0.3) is 0 Å². The molecule has 0 aromatic carbocycles. The van der Waals surface area contributed by atoms with E-state index >= 15 is 0 Å². The topological polar surface area (TPSA) is 83.5 Å². The summed E-state index contributed by atoms with van der Waals surface area (Å²) < 4.78 is 28.6. The predicted molar refractivity (Wildman–Crippen MR) is 85.1 cm³/mol. The molecule has 0 atom stereocenters. The number of carbonyl (C=O) groups is 1. The molecule has 2 N–H and O–H groups in total. The van der Waals surface area contributed by atoms with Gasteiger partial charge in [-0.25, -0.2) is 13.1 Å². The first-order valence-corrected chi connectivity index (χ1v) is 9.85. The lowest BCUT2D eigenvalue weighted by Gasteiger charge is -2.36. The molecule has 0 aliphatic heterocycles. The maximum absolute atomic E-state index is 12.6. The van der Waals surface area contributed by atoms with Gasteiger partial charge in [0.2, 0.25) is 10.0 Å². The van der Waals surface area contributed by atoms with Crippen LogP contribution >= 0.6 is 27.3 Å². The fourth-order valence-electron chi connectivity index (χ4n) is 2.87. The van der Waals surface area contributed by atoms with Crippen LogP contribution in [0.5, 0.6) is 0 Å². The summed E-state index contributed by atoms with van der Waals surface area (Å²) in [7, 11) is -3.71. The molecule has 0 amide bonds. The van der Waals surface area contributed by atoms with Gasteiger partial charge >= 0.3 is 5.97 Å². The highest BCUT2D eigenvalue weighted by Crippen LogP contribution is 2.35. The molecule has 0 bridgehead atoms. The minimum absolute atomic E-state index is 0.170. The molecule has 1 aromatic rings. The van der Waals surface area contributed by atoms with Gasteiger partial charge in [0.05, 0.1) is 15.1 Å². The molecule has 0 unspecified atom stereocenters. The molecule has 1 aliphatic carbocycles. The third kappa shape index (κ3) is 4.06. The van der Waals surface area contributed by atoms with Crippen molar-refractivity contribution in [3.8, 4) is 0 Å². The number of halogens is 1. The molecule has 1 aliphatic rings. The van der Waals surface area contributed by atoms with Crippen LogP contribution in [0, 0.1) is 6.92 Å². The Bertz CT molecular complexity index is 633. The fourth-order valence-corrected chi connectivity index (χ4v) is 6.74. The highest BCUT2D eigenvalue weighted by Gasteiger charge is 2.39. The van der Waals surface area contributed by atoms with Crippen LogP contribution in [0.4, 0.5) is 0 Å². The lowest BCUT2D eigenvalue weighted by atomic mass is 9.80. The minimum Gasteiger partial charge on any atom is -0.481 e. The molecule has 118 valence electrons. The molecule has 0 spiro atoms. The van der Waals surface area contributed by atoms with Crippen LogP contribution in [0.25, 0.3) is 0 Å². The van der Waals surface area contributed by atoms with Crippen molar-refractivity contribution in [2.24, 2.45) is 0 Å². The Labute approximate surface area is 136 Å². The van der Waals surface area contributed by atoms with Crippen molar-refractivity contribution in [2.45, 2.75) is 55.9 Å². The predicted octanol–water partition coefficient (Wildman–Crippen LogP) is 3.27. The molecule has 1 fully saturated rings. The Balaban J connectivity index is 2.31. The summed E-state index contributed by atoms with van der Waals surface area (Å²) in [5, 5.41) is 9.12. The molecule has 0 saturated heterocycles. The first-order valence-electron chi connectivity index (χ1n) is 6.76.